The summed E-state index contributed by atoms with van der Waals surface area (Å²) >= 11 is 3.42. The molecule has 41 heavy (non-hydrogen) atoms. The molecule has 5 nitrogen and oxygen atoms in total. The Labute approximate surface area is 243 Å². The number of benzene rings is 4. The fourth-order valence-electron chi connectivity index (χ4n) is 5.02. The first-order chi connectivity index (χ1) is 19.8. The number of halogens is 4. The van der Waals surface area contributed by atoms with Crippen LogP contribution in [0.4, 0.5) is 18.9 Å². The van der Waals surface area contributed by atoms with E-state index in [4.69, 9.17) is 4.99 Å². The minimum absolute atomic E-state index is 0.191. The molecule has 4 aromatic rings. The van der Waals surface area contributed by atoms with Crippen LogP contribution in [0.5, 0.6) is 0 Å². The Bertz CT molecular complexity index is 1610. The Morgan fingerprint density at radius 2 is 1.56 bits per heavy atom. The van der Waals surface area contributed by atoms with Crippen LogP contribution in [-0.2, 0) is 9.59 Å². The number of fused-ring (bicyclic) bond motifs is 1. The number of nitrogens with zero attached hydrogens (tertiary/aromatic N) is 2. The maximum atomic E-state index is 14.2. The number of carbonyl (C=O) groups excluding carboxylic acids is 2. The van der Waals surface area contributed by atoms with Gasteiger partial charge in [0.25, 0.3) is 5.91 Å². The average Bonchev–Trinajstić information content (AvgIpc) is 3.09. The van der Waals surface area contributed by atoms with E-state index in [1.54, 1.807) is 13.1 Å². The van der Waals surface area contributed by atoms with Gasteiger partial charge in [-0.3, -0.25) is 9.59 Å². The number of hydrogen-bond donors (Lipinski definition) is 1. The summed E-state index contributed by atoms with van der Waals surface area (Å²) in [4.78, 5) is 33.9. The summed E-state index contributed by atoms with van der Waals surface area (Å²) in [5.41, 5.74) is 3.43. The first kappa shape index (κ1) is 28.3. The molecule has 0 radical (unpaired) electrons. The molecule has 0 aromatic heterocycles. The Morgan fingerprint density at radius 3 is 2.24 bits per heavy atom. The van der Waals surface area contributed by atoms with Crippen molar-refractivity contribution in [1.29, 1.82) is 0 Å². The van der Waals surface area contributed by atoms with E-state index in [0.717, 1.165) is 23.3 Å². The molecule has 208 valence electrons. The molecule has 9 heteroatoms. The minimum atomic E-state index is -1.29. The van der Waals surface area contributed by atoms with Crippen LogP contribution in [0.15, 0.2) is 102 Å². The summed E-state index contributed by atoms with van der Waals surface area (Å²) in [5, 5.41) is 2.99. The normalized spacial score (nSPS) is 16.3. The zero-order chi connectivity index (χ0) is 29.1. The van der Waals surface area contributed by atoms with Gasteiger partial charge in [-0.25, -0.2) is 18.2 Å². The summed E-state index contributed by atoms with van der Waals surface area (Å²) in [5.74, 6) is -5.30. The van der Waals surface area contributed by atoms with Crippen LogP contribution in [0.1, 0.15) is 34.1 Å². The van der Waals surface area contributed by atoms with Crippen molar-refractivity contribution < 1.29 is 22.8 Å². The molecule has 0 unspecified atom stereocenters. The van der Waals surface area contributed by atoms with Crippen molar-refractivity contribution in [3.63, 3.8) is 0 Å². The predicted octanol–water partition coefficient (Wildman–Crippen LogP) is 6.32. The molecule has 1 heterocycles. The smallest absolute Gasteiger partial charge is 0.272 e. The number of likely N-dealkylation sites (N-methyl/N-ethyl adjacent to an activating group) is 1. The SMILES string of the molecule is CN1C(=O)[C@@H](NC(=O)[C@@H](c2ccc(F)cc2)[C@H](CBr)c2ccc(F)c(F)c2)N=C(c2ccccc2)c2ccccc21. The third kappa shape index (κ3) is 5.81. The molecule has 2 amide bonds. The Balaban J connectivity index is 1.58. The van der Waals surface area contributed by atoms with Gasteiger partial charge in [0.15, 0.2) is 11.6 Å². The van der Waals surface area contributed by atoms with Crippen molar-refractivity contribution in [2.45, 2.75) is 18.0 Å². The topological polar surface area (TPSA) is 61.8 Å². The first-order valence-electron chi connectivity index (χ1n) is 12.9. The van der Waals surface area contributed by atoms with Gasteiger partial charge in [-0.05, 0) is 41.5 Å². The Hall–Kier alpha value is -4.24. The second-order valence-electron chi connectivity index (χ2n) is 9.63. The van der Waals surface area contributed by atoms with Gasteiger partial charge < -0.3 is 10.2 Å². The minimum Gasteiger partial charge on any atom is -0.326 e. The summed E-state index contributed by atoms with van der Waals surface area (Å²) < 4.78 is 41.8. The van der Waals surface area contributed by atoms with Gasteiger partial charge >= 0.3 is 0 Å². The molecular formula is C32H25BrF3N3O2. The van der Waals surface area contributed by atoms with E-state index in [1.165, 1.54) is 35.2 Å². The molecule has 4 aromatic carbocycles. The highest BCUT2D eigenvalue weighted by atomic mass is 79.9. The lowest BCUT2D eigenvalue weighted by molar-refractivity contribution is -0.128. The lowest BCUT2D eigenvalue weighted by atomic mass is 9.81. The molecule has 0 bridgehead atoms. The molecule has 0 saturated heterocycles. The number of rotatable bonds is 7. The van der Waals surface area contributed by atoms with E-state index in [2.05, 4.69) is 21.2 Å². The third-order valence-corrected chi connectivity index (χ3v) is 7.82. The van der Waals surface area contributed by atoms with Crippen molar-refractivity contribution in [3.05, 3.63) is 137 Å². The van der Waals surface area contributed by atoms with Crippen LogP contribution in [0.2, 0.25) is 0 Å². The highest BCUT2D eigenvalue weighted by Gasteiger charge is 2.36. The van der Waals surface area contributed by atoms with E-state index in [9.17, 15) is 22.8 Å². The van der Waals surface area contributed by atoms with Gasteiger partial charge in [0, 0.05) is 29.4 Å². The Kier molecular flexibility index (Phi) is 8.35. The number of anilines is 1. The maximum Gasteiger partial charge on any atom is 0.272 e. The molecule has 1 aliphatic heterocycles. The maximum absolute atomic E-state index is 14.2. The summed E-state index contributed by atoms with van der Waals surface area (Å²) in [7, 11) is 1.61. The van der Waals surface area contributed by atoms with Gasteiger partial charge in [0.05, 0.1) is 17.3 Å². The zero-order valence-electron chi connectivity index (χ0n) is 21.9. The van der Waals surface area contributed by atoms with Crippen LogP contribution >= 0.6 is 15.9 Å². The van der Waals surface area contributed by atoms with Crippen LogP contribution in [-0.4, -0.2) is 36.1 Å². The number of hydrogen-bond acceptors (Lipinski definition) is 3. The van der Waals surface area contributed by atoms with Crippen molar-refractivity contribution in [2.24, 2.45) is 4.99 Å². The monoisotopic (exact) mass is 619 g/mol. The van der Waals surface area contributed by atoms with Gasteiger partial charge in [0.2, 0.25) is 12.1 Å². The van der Waals surface area contributed by atoms with Crippen molar-refractivity contribution in [2.75, 3.05) is 17.3 Å². The van der Waals surface area contributed by atoms with E-state index < -0.39 is 47.3 Å². The zero-order valence-corrected chi connectivity index (χ0v) is 23.5. The molecule has 0 saturated carbocycles. The van der Waals surface area contributed by atoms with E-state index >= 15 is 0 Å². The standard InChI is InChI=1S/C32H25BrF3N3O2/c1-39-27-10-6-5-9-23(27)29(20-7-3-2-4-8-20)37-30(32(39)41)38-31(40)28(19-11-14-22(34)15-12-19)24(18-33)21-13-16-25(35)26(36)17-21/h2-17,24,28,30H,18H2,1H3,(H,38,40)/t24-,28+,30-/m1/s1. The molecule has 5 rings (SSSR count). The predicted molar refractivity (Wildman–Crippen MR) is 156 cm³/mol. The lowest BCUT2D eigenvalue weighted by Gasteiger charge is -2.28. The van der Waals surface area contributed by atoms with E-state index in [1.807, 2.05) is 48.5 Å². The quantitative estimate of drug-likeness (QED) is 0.246. The second-order valence-corrected chi connectivity index (χ2v) is 10.3. The lowest BCUT2D eigenvalue weighted by Crippen LogP contribution is -2.48. The number of alkyl halides is 1. The fraction of sp³-hybridized carbons (Fsp3) is 0.156. The molecule has 0 fully saturated rings. The number of benzodiazepines with no additional fused rings is 1. The number of amides is 2. The number of nitrogens with one attached hydrogen (secondary N) is 1. The van der Waals surface area contributed by atoms with Gasteiger partial charge in [-0.2, -0.15) is 0 Å². The van der Waals surface area contributed by atoms with Crippen LogP contribution in [0.25, 0.3) is 0 Å². The Morgan fingerprint density at radius 1 is 0.902 bits per heavy atom. The van der Waals surface area contributed by atoms with Crippen molar-refractivity contribution in [3.8, 4) is 0 Å². The fourth-order valence-corrected chi connectivity index (χ4v) is 5.76. The van der Waals surface area contributed by atoms with Crippen molar-refractivity contribution in [1.82, 2.24) is 5.32 Å². The second kappa shape index (κ2) is 12.1. The summed E-state index contributed by atoms with van der Waals surface area (Å²) in [6.07, 6.45) is -1.29. The molecule has 3 atom stereocenters. The molecular weight excluding hydrogens is 595 g/mol. The van der Waals surface area contributed by atoms with E-state index in [-0.39, 0.29) is 5.33 Å². The molecule has 1 N–H and O–H groups in total. The van der Waals surface area contributed by atoms with Gasteiger partial charge in [0.1, 0.15) is 5.82 Å². The number of aliphatic imine (C=N–C) groups is 1. The largest absolute Gasteiger partial charge is 0.326 e. The molecule has 1 aliphatic rings. The van der Waals surface area contributed by atoms with Gasteiger partial charge in [-0.15, -0.1) is 0 Å². The highest BCUT2D eigenvalue weighted by Crippen LogP contribution is 2.36. The van der Waals surface area contributed by atoms with Crippen LogP contribution in [0, 0.1) is 17.5 Å². The summed E-state index contributed by atoms with van der Waals surface area (Å²) in [6, 6.07) is 25.5. The van der Waals surface area contributed by atoms with Crippen LogP contribution < -0.4 is 10.2 Å². The molecule has 0 aliphatic carbocycles. The molecule has 0 spiro atoms. The van der Waals surface area contributed by atoms with E-state index in [0.29, 0.717) is 22.5 Å². The highest BCUT2D eigenvalue weighted by molar-refractivity contribution is 9.09. The summed E-state index contributed by atoms with van der Waals surface area (Å²) in [6.45, 7) is 0. The number of para-hydroxylation sites is 1. The first-order valence-corrected chi connectivity index (χ1v) is 14.0. The van der Waals surface area contributed by atoms with Crippen LogP contribution in [0.3, 0.4) is 0 Å². The van der Waals surface area contributed by atoms with Crippen molar-refractivity contribution >= 4 is 39.1 Å². The van der Waals surface area contributed by atoms with Gasteiger partial charge in [-0.1, -0.05) is 82.7 Å². The number of carbonyl (C=O) groups is 2. The third-order valence-electron chi connectivity index (χ3n) is 7.12. The average molecular weight is 620 g/mol.